The van der Waals surface area contributed by atoms with E-state index in [2.05, 4.69) is 17.0 Å². The van der Waals surface area contributed by atoms with E-state index in [0.29, 0.717) is 5.78 Å². The number of Topliss-reactive ketones (excluding diaryl/α,β-unsaturated/α-hetero) is 1. The number of ketones is 1. The molecule has 0 saturated carbocycles. The molecule has 0 spiro atoms. The maximum Gasteiger partial charge on any atom is 0.152 e. The van der Waals surface area contributed by atoms with Gasteiger partial charge in [-0.3, -0.25) is 9.69 Å². The molecule has 0 unspecified atom stereocenters. The van der Waals surface area contributed by atoms with E-state index in [-0.39, 0.29) is 12.0 Å². The van der Waals surface area contributed by atoms with Crippen molar-refractivity contribution in [3.8, 4) is 0 Å². The maximum atomic E-state index is 11.9. The average Bonchev–Trinajstić information content (AvgIpc) is 2.31. The molecule has 16 heavy (non-hydrogen) atoms. The van der Waals surface area contributed by atoms with Crippen molar-refractivity contribution in [2.45, 2.75) is 32.9 Å². The van der Waals surface area contributed by atoms with E-state index in [4.69, 9.17) is 0 Å². The Hall–Kier alpha value is -1.15. The van der Waals surface area contributed by atoms with Crippen molar-refractivity contribution >= 4 is 5.78 Å². The van der Waals surface area contributed by atoms with Crippen LogP contribution >= 0.6 is 0 Å². The third kappa shape index (κ3) is 2.33. The summed E-state index contributed by atoms with van der Waals surface area (Å²) in [6, 6.07) is 10.4. The fraction of sp³-hybridized carbons (Fsp3) is 0.500. The third-order valence-electron chi connectivity index (χ3n) is 3.52. The van der Waals surface area contributed by atoms with Crippen molar-refractivity contribution in [1.82, 2.24) is 4.90 Å². The van der Waals surface area contributed by atoms with Crippen LogP contribution in [-0.4, -0.2) is 23.3 Å². The van der Waals surface area contributed by atoms with Crippen LogP contribution in [0, 0.1) is 5.92 Å². The molecule has 0 aliphatic carbocycles. The van der Waals surface area contributed by atoms with Gasteiger partial charge in [-0.05, 0) is 25.5 Å². The van der Waals surface area contributed by atoms with Gasteiger partial charge in [-0.25, -0.2) is 0 Å². The van der Waals surface area contributed by atoms with Crippen LogP contribution in [0.4, 0.5) is 0 Å². The Morgan fingerprint density at radius 3 is 2.62 bits per heavy atom. The van der Waals surface area contributed by atoms with Gasteiger partial charge >= 0.3 is 0 Å². The average molecular weight is 217 g/mol. The number of benzene rings is 1. The Balaban J connectivity index is 2.03. The van der Waals surface area contributed by atoms with Crippen LogP contribution in [0.3, 0.4) is 0 Å². The van der Waals surface area contributed by atoms with Crippen molar-refractivity contribution < 1.29 is 4.79 Å². The predicted octanol–water partition coefficient (Wildman–Crippen LogP) is 2.49. The molecule has 1 aliphatic heterocycles. The van der Waals surface area contributed by atoms with Gasteiger partial charge in [0.05, 0.1) is 6.04 Å². The molecule has 2 heteroatoms. The molecule has 0 bridgehead atoms. The molecular formula is C14H19NO. The molecule has 0 N–H and O–H groups in total. The molecule has 1 aromatic carbocycles. The largest absolute Gasteiger partial charge is 0.298 e. The number of carbonyl (C=O) groups excluding carboxylic acids is 1. The van der Waals surface area contributed by atoms with E-state index in [0.717, 1.165) is 19.5 Å². The highest BCUT2D eigenvalue weighted by atomic mass is 16.1. The van der Waals surface area contributed by atoms with Crippen LogP contribution in [0.5, 0.6) is 0 Å². The van der Waals surface area contributed by atoms with Gasteiger partial charge in [0.25, 0.3) is 0 Å². The molecule has 1 fully saturated rings. The monoisotopic (exact) mass is 217 g/mol. The summed E-state index contributed by atoms with van der Waals surface area (Å²) >= 11 is 0. The second kappa shape index (κ2) is 4.79. The molecule has 1 aromatic rings. The molecule has 1 aliphatic rings. The van der Waals surface area contributed by atoms with Gasteiger partial charge in [-0.2, -0.15) is 0 Å². The Labute approximate surface area is 97.3 Å². The Kier molecular flexibility index (Phi) is 3.39. The van der Waals surface area contributed by atoms with E-state index in [1.54, 1.807) is 0 Å². The van der Waals surface area contributed by atoms with Gasteiger partial charge in [-0.15, -0.1) is 0 Å². The van der Waals surface area contributed by atoms with Gasteiger partial charge in [0.2, 0.25) is 0 Å². The highest BCUT2D eigenvalue weighted by Gasteiger charge is 2.30. The normalized spacial score (nSPS) is 27.0. The highest BCUT2D eigenvalue weighted by Crippen LogP contribution is 2.20. The summed E-state index contributed by atoms with van der Waals surface area (Å²) in [4.78, 5) is 14.2. The van der Waals surface area contributed by atoms with Crippen molar-refractivity contribution in [3.05, 3.63) is 35.9 Å². The predicted molar refractivity (Wildman–Crippen MR) is 65.1 cm³/mol. The zero-order chi connectivity index (χ0) is 11.5. The molecule has 0 radical (unpaired) electrons. The van der Waals surface area contributed by atoms with Crippen molar-refractivity contribution in [2.75, 3.05) is 6.54 Å². The SMILES string of the molecule is C[C@@H]1CCN(Cc2ccccc2)[C@H](C)C1=O. The molecule has 2 nitrogen and oxygen atoms in total. The molecule has 86 valence electrons. The fourth-order valence-electron chi connectivity index (χ4n) is 2.32. The summed E-state index contributed by atoms with van der Waals surface area (Å²) in [5, 5.41) is 0. The van der Waals surface area contributed by atoms with Crippen LogP contribution in [0.25, 0.3) is 0 Å². The van der Waals surface area contributed by atoms with Crippen LogP contribution in [0.2, 0.25) is 0 Å². The second-order valence-electron chi connectivity index (χ2n) is 4.72. The van der Waals surface area contributed by atoms with E-state index in [1.807, 2.05) is 32.0 Å². The first-order valence-electron chi connectivity index (χ1n) is 6.00. The molecule has 0 amide bonds. The summed E-state index contributed by atoms with van der Waals surface area (Å²) in [5.74, 6) is 0.629. The quantitative estimate of drug-likeness (QED) is 0.758. The van der Waals surface area contributed by atoms with E-state index >= 15 is 0 Å². The minimum absolute atomic E-state index is 0.0731. The van der Waals surface area contributed by atoms with Crippen LogP contribution < -0.4 is 0 Å². The van der Waals surface area contributed by atoms with Crippen LogP contribution in [0.1, 0.15) is 25.8 Å². The Bertz CT molecular complexity index is 360. The van der Waals surface area contributed by atoms with Gasteiger partial charge in [-0.1, -0.05) is 37.3 Å². The van der Waals surface area contributed by atoms with Crippen molar-refractivity contribution in [1.29, 1.82) is 0 Å². The molecule has 1 heterocycles. The van der Waals surface area contributed by atoms with E-state index in [1.165, 1.54) is 5.56 Å². The van der Waals surface area contributed by atoms with E-state index in [9.17, 15) is 4.79 Å². The number of likely N-dealkylation sites (tertiary alicyclic amines) is 1. The highest BCUT2D eigenvalue weighted by molar-refractivity contribution is 5.86. The smallest absolute Gasteiger partial charge is 0.152 e. The lowest BCUT2D eigenvalue weighted by molar-refractivity contribution is -0.130. The topological polar surface area (TPSA) is 20.3 Å². The molecular weight excluding hydrogens is 198 g/mol. The summed E-state index contributed by atoms with van der Waals surface area (Å²) in [6.07, 6.45) is 0.996. The lowest BCUT2D eigenvalue weighted by Gasteiger charge is -2.35. The summed E-state index contributed by atoms with van der Waals surface area (Å²) in [7, 11) is 0. The number of hydrogen-bond donors (Lipinski definition) is 0. The molecule has 1 saturated heterocycles. The minimum atomic E-state index is 0.0731. The number of carbonyl (C=O) groups is 1. The second-order valence-corrected chi connectivity index (χ2v) is 4.72. The van der Waals surface area contributed by atoms with Crippen LogP contribution in [-0.2, 0) is 11.3 Å². The summed E-state index contributed by atoms with van der Waals surface area (Å²) < 4.78 is 0. The number of piperidine rings is 1. The first kappa shape index (κ1) is 11.3. The summed E-state index contributed by atoms with van der Waals surface area (Å²) in [5.41, 5.74) is 1.29. The third-order valence-corrected chi connectivity index (χ3v) is 3.52. The van der Waals surface area contributed by atoms with Crippen molar-refractivity contribution in [2.24, 2.45) is 5.92 Å². The number of hydrogen-bond acceptors (Lipinski definition) is 2. The lowest BCUT2D eigenvalue weighted by atomic mass is 9.91. The zero-order valence-electron chi connectivity index (χ0n) is 10.0. The first-order valence-corrected chi connectivity index (χ1v) is 6.00. The lowest BCUT2D eigenvalue weighted by Crippen LogP contribution is -2.46. The number of nitrogens with zero attached hydrogens (tertiary/aromatic N) is 1. The van der Waals surface area contributed by atoms with Crippen LogP contribution in [0.15, 0.2) is 30.3 Å². The van der Waals surface area contributed by atoms with E-state index < -0.39 is 0 Å². The Morgan fingerprint density at radius 1 is 1.25 bits per heavy atom. The molecule has 2 atom stereocenters. The minimum Gasteiger partial charge on any atom is -0.298 e. The standard InChI is InChI=1S/C14H19NO/c1-11-8-9-15(12(2)14(11)16)10-13-6-4-3-5-7-13/h3-7,11-12H,8-10H2,1-2H3/t11-,12-/m1/s1. The van der Waals surface area contributed by atoms with Gasteiger partial charge < -0.3 is 0 Å². The Morgan fingerprint density at radius 2 is 1.94 bits per heavy atom. The maximum absolute atomic E-state index is 11.9. The van der Waals surface area contributed by atoms with Gasteiger partial charge in [0.1, 0.15) is 0 Å². The molecule has 0 aromatic heterocycles. The van der Waals surface area contributed by atoms with Gasteiger partial charge in [0, 0.05) is 12.5 Å². The first-order chi connectivity index (χ1) is 7.68. The van der Waals surface area contributed by atoms with Crippen molar-refractivity contribution in [3.63, 3.8) is 0 Å². The fourth-order valence-corrected chi connectivity index (χ4v) is 2.32. The van der Waals surface area contributed by atoms with Gasteiger partial charge in [0.15, 0.2) is 5.78 Å². The number of rotatable bonds is 2. The molecule has 2 rings (SSSR count). The zero-order valence-corrected chi connectivity index (χ0v) is 10.0. The summed E-state index contributed by atoms with van der Waals surface area (Å²) in [6.45, 7) is 5.99.